The molecule has 1 aliphatic heterocycles. The molecule has 6 rings (SSSR count). The van der Waals surface area contributed by atoms with E-state index in [1.54, 1.807) is 6.92 Å². The zero-order valence-electron chi connectivity index (χ0n) is 19.3. The fraction of sp³-hybridized carbons (Fsp3) is 0.654. The normalized spacial score (nSPS) is 40.7. The smallest absolute Gasteiger partial charge is 0.239 e. The van der Waals surface area contributed by atoms with Crippen molar-refractivity contribution in [2.24, 2.45) is 51.9 Å². The van der Waals surface area contributed by atoms with Gasteiger partial charge in [0.2, 0.25) is 17.7 Å². The maximum atomic E-state index is 13.9. The summed E-state index contributed by atoms with van der Waals surface area (Å²) in [6.45, 7) is 6.17. The quantitative estimate of drug-likeness (QED) is 0.692. The van der Waals surface area contributed by atoms with Crippen LogP contribution in [0.5, 0.6) is 0 Å². The minimum absolute atomic E-state index is 0.0779. The molecule has 172 valence electrons. The molecule has 5 unspecified atom stereocenters. The van der Waals surface area contributed by atoms with E-state index in [9.17, 15) is 14.4 Å². The third-order valence-electron chi connectivity index (χ3n) is 9.79. The summed E-state index contributed by atoms with van der Waals surface area (Å²) in [6.07, 6.45) is 4.90. The van der Waals surface area contributed by atoms with Gasteiger partial charge in [-0.2, -0.15) is 0 Å². The van der Waals surface area contributed by atoms with E-state index in [0.717, 1.165) is 31.2 Å². The minimum Gasteiger partial charge on any atom is -0.369 e. The van der Waals surface area contributed by atoms with Crippen molar-refractivity contribution in [1.82, 2.24) is 4.90 Å². The molecule has 0 spiro atoms. The van der Waals surface area contributed by atoms with Crippen LogP contribution in [0.3, 0.4) is 0 Å². The largest absolute Gasteiger partial charge is 0.369 e. The van der Waals surface area contributed by atoms with E-state index in [-0.39, 0.29) is 23.7 Å². The van der Waals surface area contributed by atoms with Crippen molar-refractivity contribution in [2.75, 3.05) is 6.54 Å². The molecule has 1 heterocycles. The molecule has 32 heavy (non-hydrogen) atoms. The second-order valence-corrected chi connectivity index (χ2v) is 11.7. The Morgan fingerprint density at radius 3 is 2.12 bits per heavy atom. The second kappa shape index (κ2) is 6.82. The van der Waals surface area contributed by atoms with E-state index in [2.05, 4.69) is 0 Å². The van der Waals surface area contributed by atoms with Crippen LogP contribution in [0.15, 0.2) is 30.3 Å². The van der Waals surface area contributed by atoms with Crippen molar-refractivity contribution in [2.45, 2.75) is 58.4 Å². The maximum Gasteiger partial charge on any atom is 0.239 e. The van der Waals surface area contributed by atoms with Crippen LogP contribution >= 0.6 is 0 Å². The van der Waals surface area contributed by atoms with E-state index in [4.69, 9.17) is 11.5 Å². The van der Waals surface area contributed by atoms with Gasteiger partial charge >= 0.3 is 0 Å². The highest BCUT2D eigenvalue weighted by atomic mass is 16.2. The van der Waals surface area contributed by atoms with Crippen LogP contribution in [0, 0.1) is 40.4 Å². The summed E-state index contributed by atoms with van der Waals surface area (Å²) in [5.41, 5.74) is 10.5. The van der Waals surface area contributed by atoms with Gasteiger partial charge in [-0.1, -0.05) is 30.3 Å². The van der Waals surface area contributed by atoms with Gasteiger partial charge in [0, 0.05) is 12.5 Å². The molecule has 0 radical (unpaired) electrons. The summed E-state index contributed by atoms with van der Waals surface area (Å²) in [6, 6.07) is 9.89. The van der Waals surface area contributed by atoms with Gasteiger partial charge in [-0.05, 0) is 82.1 Å². The van der Waals surface area contributed by atoms with Crippen LogP contribution in [-0.4, -0.2) is 29.2 Å². The van der Waals surface area contributed by atoms with E-state index in [1.165, 1.54) is 6.42 Å². The number of hydrogen-bond acceptors (Lipinski definition) is 3. The predicted molar refractivity (Wildman–Crippen MR) is 121 cm³/mol. The van der Waals surface area contributed by atoms with Crippen LogP contribution in [0.4, 0.5) is 0 Å². The van der Waals surface area contributed by atoms with Gasteiger partial charge in [-0.15, -0.1) is 0 Å². The Morgan fingerprint density at radius 2 is 1.59 bits per heavy atom. The standard InChI is InChI=1S/C26H35N3O3/c1-24(2,18-7-5-4-6-8-18)29-14-19(25(3,21(27)30)23(29)32)20-17-10-15-9-16(11-17)13-26(20,12-15)22(28)31/h4-8,15-17,19-20H,9-14H2,1-3H3,(H2,27,30)(H2,28,31). The van der Waals surface area contributed by atoms with Gasteiger partial charge in [0.05, 0.1) is 11.0 Å². The van der Waals surface area contributed by atoms with E-state index in [0.29, 0.717) is 24.3 Å². The lowest BCUT2D eigenvalue weighted by Crippen LogP contribution is -2.62. The van der Waals surface area contributed by atoms with Crippen molar-refractivity contribution in [3.05, 3.63) is 35.9 Å². The molecule has 4 aliphatic carbocycles. The Balaban J connectivity index is 1.60. The summed E-state index contributed by atoms with van der Waals surface area (Å²) in [5.74, 6) is -0.0647. The average Bonchev–Trinajstić information content (AvgIpc) is 3.01. The van der Waals surface area contributed by atoms with Crippen molar-refractivity contribution >= 4 is 17.7 Å². The molecular formula is C26H35N3O3. The Kier molecular flexibility index (Phi) is 4.57. The topological polar surface area (TPSA) is 106 Å². The van der Waals surface area contributed by atoms with E-state index < -0.39 is 22.3 Å². The fourth-order valence-electron chi connectivity index (χ4n) is 8.30. The summed E-state index contributed by atoms with van der Waals surface area (Å²) >= 11 is 0. The molecule has 1 aromatic rings. The van der Waals surface area contributed by atoms with E-state index >= 15 is 0 Å². The molecule has 4 bridgehead atoms. The first-order valence-corrected chi connectivity index (χ1v) is 12.0. The summed E-state index contributed by atoms with van der Waals surface area (Å²) in [4.78, 5) is 41.7. The van der Waals surface area contributed by atoms with Gasteiger partial charge in [0.25, 0.3) is 0 Å². The van der Waals surface area contributed by atoms with Crippen molar-refractivity contribution in [1.29, 1.82) is 0 Å². The van der Waals surface area contributed by atoms with E-state index in [1.807, 2.05) is 49.1 Å². The number of benzene rings is 1. The van der Waals surface area contributed by atoms with Crippen LogP contribution in [0.1, 0.15) is 58.4 Å². The molecule has 4 saturated carbocycles. The van der Waals surface area contributed by atoms with Crippen molar-refractivity contribution in [3.63, 3.8) is 0 Å². The summed E-state index contributed by atoms with van der Waals surface area (Å²) in [5, 5.41) is 0. The predicted octanol–water partition coefficient (Wildman–Crippen LogP) is 2.80. The summed E-state index contributed by atoms with van der Waals surface area (Å²) in [7, 11) is 0. The molecule has 1 saturated heterocycles. The van der Waals surface area contributed by atoms with Crippen LogP contribution < -0.4 is 11.5 Å². The van der Waals surface area contributed by atoms with Gasteiger partial charge in [0.15, 0.2) is 0 Å². The Morgan fingerprint density at radius 1 is 1.00 bits per heavy atom. The first kappa shape index (κ1) is 21.5. The first-order valence-electron chi connectivity index (χ1n) is 12.0. The molecule has 5 atom stereocenters. The molecule has 5 aliphatic rings. The highest BCUT2D eigenvalue weighted by Gasteiger charge is 2.68. The third-order valence-corrected chi connectivity index (χ3v) is 9.79. The molecule has 4 N–H and O–H groups in total. The molecular weight excluding hydrogens is 402 g/mol. The highest BCUT2D eigenvalue weighted by molar-refractivity contribution is 6.06. The molecule has 6 heteroatoms. The number of primary amides is 2. The van der Waals surface area contributed by atoms with Gasteiger partial charge in [-0.3, -0.25) is 14.4 Å². The Bertz CT molecular complexity index is 960. The Hall–Kier alpha value is -2.37. The van der Waals surface area contributed by atoms with Crippen LogP contribution in [0.25, 0.3) is 0 Å². The monoisotopic (exact) mass is 437 g/mol. The number of carbonyl (C=O) groups is 3. The number of likely N-dealkylation sites (tertiary alicyclic amines) is 1. The van der Waals surface area contributed by atoms with Crippen molar-refractivity contribution in [3.8, 4) is 0 Å². The molecule has 3 amide bonds. The van der Waals surface area contributed by atoms with Gasteiger partial charge < -0.3 is 16.4 Å². The molecule has 5 fully saturated rings. The first-order chi connectivity index (χ1) is 15.0. The minimum atomic E-state index is -1.34. The summed E-state index contributed by atoms with van der Waals surface area (Å²) < 4.78 is 0. The van der Waals surface area contributed by atoms with Gasteiger partial charge in [-0.25, -0.2) is 0 Å². The lowest BCUT2D eigenvalue weighted by Gasteiger charge is -2.62. The maximum absolute atomic E-state index is 13.9. The molecule has 1 aromatic carbocycles. The number of rotatable bonds is 5. The van der Waals surface area contributed by atoms with Crippen LogP contribution in [-0.2, 0) is 19.9 Å². The lowest BCUT2D eigenvalue weighted by atomic mass is 9.41. The number of nitrogens with two attached hydrogens (primary N) is 2. The molecule has 6 nitrogen and oxygen atoms in total. The third kappa shape index (κ3) is 2.67. The second-order valence-electron chi connectivity index (χ2n) is 11.7. The zero-order valence-corrected chi connectivity index (χ0v) is 19.3. The molecule has 0 aromatic heterocycles. The van der Waals surface area contributed by atoms with Crippen LogP contribution in [0.2, 0.25) is 0 Å². The number of amides is 3. The number of carbonyl (C=O) groups excluding carboxylic acids is 3. The SMILES string of the molecule is CC1(C(N)=O)C(=O)N(C(C)(C)c2ccccc2)CC1C1C2CC3CC(C2)CC1(C(N)=O)C3. The number of nitrogens with zero attached hydrogens (tertiary/aromatic N) is 1. The fourth-order valence-corrected chi connectivity index (χ4v) is 8.30. The lowest BCUT2D eigenvalue weighted by molar-refractivity contribution is -0.172. The van der Waals surface area contributed by atoms with Crippen molar-refractivity contribution < 1.29 is 14.4 Å². The highest BCUT2D eigenvalue weighted by Crippen LogP contribution is 2.67. The van der Waals surface area contributed by atoms with Gasteiger partial charge in [0.1, 0.15) is 5.41 Å². The zero-order chi connectivity index (χ0) is 23.1. The average molecular weight is 438 g/mol. The Labute approximate surface area is 190 Å². The number of hydrogen-bond donors (Lipinski definition) is 2.